The molecule has 1 saturated heterocycles. The maximum atomic E-state index is 5.56. The zero-order valence-electron chi connectivity index (χ0n) is 10.5. The van der Waals surface area contributed by atoms with E-state index < -0.39 is 0 Å². The van der Waals surface area contributed by atoms with Gasteiger partial charge in [0.1, 0.15) is 0 Å². The summed E-state index contributed by atoms with van der Waals surface area (Å²) in [6.45, 7) is 8.15. The molecule has 2 atom stereocenters. The highest BCUT2D eigenvalue weighted by Gasteiger charge is 2.21. The van der Waals surface area contributed by atoms with Crippen LogP contribution in [0.25, 0.3) is 0 Å². The predicted molar refractivity (Wildman–Crippen MR) is 67.0 cm³/mol. The first kappa shape index (κ1) is 13.0. The van der Waals surface area contributed by atoms with Crippen molar-refractivity contribution in [1.82, 2.24) is 4.90 Å². The molecule has 2 N–H and O–H groups in total. The van der Waals surface area contributed by atoms with Crippen LogP contribution in [0, 0.1) is 5.92 Å². The molecule has 0 bridgehead atoms. The first-order chi connectivity index (χ1) is 7.27. The Morgan fingerprint density at radius 2 is 2.20 bits per heavy atom. The third-order valence-electron chi connectivity index (χ3n) is 3.77. The predicted octanol–water partition coefficient (Wildman–Crippen LogP) is 2.63. The first-order valence-corrected chi connectivity index (χ1v) is 6.72. The van der Waals surface area contributed by atoms with E-state index >= 15 is 0 Å². The summed E-state index contributed by atoms with van der Waals surface area (Å²) in [4.78, 5) is 2.69. The number of nitrogens with two attached hydrogens (primary N) is 1. The summed E-state index contributed by atoms with van der Waals surface area (Å²) in [5.41, 5.74) is 5.56. The van der Waals surface area contributed by atoms with E-state index in [0.29, 0.717) is 0 Å². The summed E-state index contributed by atoms with van der Waals surface area (Å²) in [5, 5.41) is 0. The van der Waals surface area contributed by atoms with Crippen LogP contribution in [-0.2, 0) is 0 Å². The van der Waals surface area contributed by atoms with Crippen molar-refractivity contribution in [3.8, 4) is 0 Å². The lowest BCUT2D eigenvalue weighted by molar-refractivity contribution is 0.238. The second kappa shape index (κ2) is 7.24. The van der Waals surface area contributed by atoms with E-state index in [1.165, 1.54) is 51.6 Å². The molecular weight excluding hydrogens is 184 g/mol. The number of likely N-dealkylation sites (tertiary alicyclic amines) is 1. The van der Waals surface area contributed by atoms with Crippen molar-refractivity contribution in [3.63, 3.8) is 0 Å². The van der Waals surface area contributed by atoms with Crippen LogP contribution in [-0.4, -0.2) is 30.6 Å². The van der Waals surface area contributed by atoms with Crippen LogP contribution in [0.15, 0.2) is 0 Å². The lowest BCUT2D eigenvalue weighted by atomic mass is 10.0. The number of hydrogen-bond donors (Lipinski definition) is 1. The minimum atomic E-state index is 0.817. The molecule has 1 heterocycles. The van der Waals surface area contributed by atoms with Gasteiger partial charge in [-0.2, -0.15) is 0 Å². The van der Waals surface area contributed by atoms with Crippen LogP contribution in [0.1, 0.15) is 52.4 Å². The molecular formula is C13H28N2. The fraction of sp³-hybridized carbons (Fsp3) is 1.00. The number of nitrogens with zero attached hydrogens (tertiary/aromatic N) is 1. The second-order valence-electron chi connectivity index (χ2n) is 5.07. The van der Waals surface area contributed by atoms with Gasteiger partial charge in [-0.1, -0.05) is 13.8 Å². The molecule has 0 aromatic rings. The molecule has 0 aromatic carbocycles. The molecule has 1 rings (SSSR count). The van der Waals surface area contributed by atoms with E-state index in [1.807, 2.05) is 0 Å². The minimum absolute atomic E-state index is 0.817. The van der Waals surface area contributed by atoms with Gasteiger partial charge in [0.25, 0.3) is 0 Å². The molecule has 0 aliphatic carbocycles. The number of hydrogen-bond acceptors (Lipinski definition) is 2. The highest BCUT2D eigenvalue weighted by atomic mass is 15.2. The fourth-order valence-corrected chi connectivity index (χ4v) is 2.72. The molecule has 0 radical (unpaired) electrons. The van der Waals surface area contributed by atoms with Crippen molar-refractivity contribution in [1.29, 1.82) is 0 Å². The van der Waals surface area contributed by atoms with Crippen molar-refractivity contribution in [2.24, 2.45) is 11.7 Å². The molecule has 0 spiro atoms. The molecule has 1 aliphatic heterocycles. The lowest BCUT2D eigenvalue weighted by Crippen LogP contribution is -2.29. The highest BCUT2D eigenvalue weighted by Crippen LogP contribution is 2.20. The van der Waals surface area contributed by atoms with Crippen LogP contribution >= 0.6 is 0 Å². The summed E-state index contributed by atoms with van der Waals surface area (Å²) in [7, 11) is 0. The smallest absolute Gasteiger partial charge is 0.00931 e. The Labute approximate surface area is 95.2 Å². The standard InChI is InChI=1S/C13H28N2/c1-3-13-7-5-11-15(13)10-4-6-12(2)8-9-14/h12-13H,3-11,14H2,1-2H3. The first-order valence-electron chi connectivity index (χ1n) is 6.72. The second-order valence-corrected chi connectivity index (χ2v) is 5.07. The van der Waals surface area contributed by atoms with Gasteiger partial charge in [0.2, 0.25) is 0 Å². The Balaban J connectivity index is 2.08. The molecule has 1 fully saturated rings. The molecule has 15 heavy (non-hydrogen) atoms. The molecule has 0 amide bonds. The van der Waals surface area contributed by atoms with E-state index in [4.69, 9.17) is 5.73 Å². The lowest BCUT2D eigenvalue weighted by Gasteiger charge is -2.23. The Bertz CT molecular complexity index is 159. The van der Waals surface area contributed by atoms with E-state index in [9.17, 15) is 0 Å². The summed E-state index contributed by atoms with van der Waals surface area (Å²) < 4.78 is 0. The van der Waals surface area contributed by atoms with Crippen LogP contribution in [0.3, 0.4) is 0 Å². The van der Waals surface area contributed by atoms with Crippen LogP contribution in [0.2, 0.25) is 0 Å². The Morgan fingerprint density at radius 1 is 1.40 bits per heavy atom. The maximum absolute atomic E-state index is 5.56. The van der Waals surface area contributed by atoms with Crippen LogP contribution in [0.4, 0.5) is 0 Å². The maximum Gasteiger partial charge on any atom is 0.00931 e. The van der Waals surface area contributed by atoms with Crippen molar-refractivity contribution >= 4 is 0 Å². The Hall–Kier alpha value is -0.0800. The van der Waals surface area contributed by atoms with Gasteiger partial charge in [-0.3, -0.25) is 0 Å². The summed E-state index contributed by atoms with van der Waals surface area (Å²) in [6.07, 6.45) is 8.07. The van der Waals surface area contributed by atoms with E-state index in [1.54, 1.807) is 0 Å². The number of rotatable bonds is 7. The molecule has 0 aromatic heterocycles. The molecule has 90 valence electrons. The molecule has 2 heteroatoms. The van der Waals surface area contributed by atoms with Gasteiger partial charge >= 0.3 is 0 Å². The molecule has 1 aliphatic rings. The van der Waals surface area contributed by atoms with E-state index in [0.717, 1.165) is 18.5 Å². The van der Waals surface area contributed by atoms with Crippen molar-refractivity contribution in [2.75, 3.05) is 19.6 Å². The molecule has 0 saturated carbocycles. The highest BCUT2D eigenvalue weighted by molar-refractivity contribution is 4.77. The van der Waals surface area contributed by atoms with E-state index in [-0.39, 0.29) is 0 Å². The summed E-state index contributed by atoms with van der Waals surface area (Å²) in [5.74, 6) is 0.817. The normalized spacial score (nSPS) is 24.6. The van der Waals surface area contributed by atoms with Gasteiger partial charge in [0.05, 0.1) is 0 Å². The molecule has 2 nitrogen and oxygen atoms in total. The van der Waals surface area contributed by atoms with Crippen LogP contribution < -0.4 is 5.73 Å². The van der Waals surface area contributed by atoms with E-state index in [2.05, 4.69) is 18.7 Å². The van der Waals surface area contributed by atoms with Gasteiger partial charge < -0.3 is 10.6 Å². The zero-order valence-corrected chi connectivity index (χ0v) is 10.5. The monoisotopic (exact) mass is 212 g/mol. The third kappa shape index (κ3) is 4.52. The third-order valence-corrected chi connectivity index (χ3v) is 3.77. The summed E-state index contributed by atoms with van der Waals surface area (Å²) >= 11 is 0. The largest absolute Gasteiger partial charge is 0.330 e. The van der Waals surface area contributed by atoms with Crippen molar-refractivity contribution in [2.45, 2.75) is 58.4 Å². The Morgan fingerprint density at radius 3 is 2.87 bits per heavy atom. The van der Waals surface area contributed by atoms with Crippen molar-refractivity contribution in [3.05, 3.63) is 0 Å². The minimum Gasteiger partial charge on any atom is -0.330 e. The van der Waals surface area contributed by atoms with Crippen molar-refractivity contribution < 1.29 is 0 Å². The average molecular weight is 212 g/mol. The average Bonchev–Trinajstić information content (AvgIpc) is 2.66. The van der Waals surface area contributed by atoms with Gasteiger partial charge in [-0.25, -0.2) is 0 Å². The fourth-order valence-electron chi connectivity index (χ4n) is 2.72. The quantitative estimate of drug-likeness (QED) is 0.703. The van der Waals surface area contributed by atoms with Gasteiger partial charge in [-0.15, -0.1) is 0 Å². The summed E-state index contributed by atoms with van der Waals surface area (Å²) in [6, 6.07) is 0.884. The Kier molecular flexibility index (Phi) is 6.26. The molecule has 2 unspecified atom stereocenters. The van der Waals surface area contributed by atoms with Gasteiger partial charge in [0.15, 0.2) is 0 Å². The SMILES string of the molecule is CCC1CCCN1CCCC(C)CCN. The van der Waals surface area contributed by atoms with Gasteiger partial charge in [0, 0.05) is 6.04 Å². The zero-order chi connectivity index (χ0) is 11.1. The van der Waals surface area contributed by atoms with Gasteiger partial charge in [-0.05, 0) is 64.1 Å². The topological polar surface area (TPSA) is 29.3 Å². The van der Waals surface area contributed by atoms with Crippen LogP contribution in [0.5, 0.6) is 0 Å².